The average molecular weight is 336 g/mol. The molecule has 1 rings (SSSR count). The molecule has 0 aromatic carbocycles. The third-order valence-electron chi connectivity index (χ3n) is 4.12. The summed E-state index contributed by atoms with van der Waals surface area (Å²) in [6.07, 6.45) is 11.3. The highest BCUT2D eigenvalue weighted by molar-refractivity contribution is 5.69. The molecule has 1 aromatic rings. The minimum absolute atomic E-state index is 0.353. The summed E-state index contributed by atoms with van der Waals surface area (Å²) in [5.41, 5.74) is 0.143. The Labute approximate surface area is 145 Å². The van der Waals surface area contributed by atoms with Gasteiger partial charge in [-0.15, -0.1) is 0 Å². The molecule has 0 atom stereocenters. The predicted molar refractivity (Wildman–Crippen MR) is 96.6 cm³/mol. The smallest absolute Gasteiger partial charge is 0.342 e. The number of carbonyl (C=O) groups excluding carboxylic acids is 1. The molecule has 0 saturated carbocycles. The van der Waals surface area contributed by atoms with Crippen molar-refractivity contribution in [3.8, 4) is 5.75 Å². The van der Waals surface area contributed by atoms with Crippen molar-refractivity contribution in [2.45, 2.75) is 91.4 Å². The number of ether oxygens (including phenoxy) is 1. The molecule has 0 fully saturated rings. The maximum absolute atomic E-state index is 12.3. The van der Waals surface area contributed by atoms with Gasteiger partial charge in [-0.1, -0.05) is 58.8 Å². The van der Waals surface area contributed by atoms with Gasteiger partial charge in [-0.25, -0.2) is 4.79 Å². The molecule has 0 amide bonds. The lowest BCUT2D eigenvalue weighted by molar-refractivity contribution is -0.131. The van der Waals surface area contributed by atoms with Gasteiger partial charge in [-0.05, 0) is 19.3 Å². The van der Waals surface area contributed by atoms with Crippen molar-refractivity contribution in [3.63, 3.8) is 0 Å². The number of rotatable bonds is 12. The van der Waals surface area contributed by atoms with Gasteiger partial charge in [-0.3, -0.25) is 4.79 Å². The molecular weight excluding hydrogens is 304 g/mol. The topological polar surface area (TPSA) is 56.5 Å². The fourth-order valence-electron chi connectivity index (χ4n) is 2.77. The van der Waals surface area contributed by atoms with Gasteiger partial charge in [0.1, 0.15) is 11.5 Å². The molecule has 4 heteroatoms. The second-order valence-corrected chi connectivity index (χ2v) is 6.41. The summed E-state index contributed by atoms with van der Waals surface area (Å²) in [6.45, 7) is 5.69. The average Bonchev–Trinajstić information content (AvgIpc) is 2.52. The molecule has 0 radical (unpaired) electrons. The molecule has 0 bridgehead atoms. The number of unbranched alkanes of at least 4 members (excludes halogenated alkanes) is 7. The lowest BCUT2D eigenvalue weighted by atomic mass is 10.1. The van der Waals surface area contributed by atoms with Crippen molar-refractivity contribution in [1.82, 2.24) is 0 Å². The summed E-state index contributed by atoms with van der Waals surface area (Å²) in [5.74, 6) is 0.605. The van der Waals surface area contributed by atoms with Gasteiger partial charge in [0.2, 0.25) is 0 Å². The van der Waals surface area contributed by atoms with Crippen LogP contribution in [0.1, 0.15) is 89.9 Å². The third kappa shape index (κ3) is 7.80. The normalized spacial score (nSPS) is 10.8. The Morgan fingerprint density at radius 2 is 1.54 bits per heavy atom. The molecule has 4 nitrogen and oxygen atoms in total. The molecular formula is C20H32O4. The summed E-state index contributed by atoms with van der Waals surface area (Å²) in [6, 6.07) is 1.73. The lowest BCUT2D eigenvalue weighted by Gasteiger charge is -2.10. The van der Waals surface area contributed by atoms with Crippen molar-refractivity contribution in [2.24, 2.45) is 0 Å². The molecule has 0 unspecified atom stereocenters. The Morgan fingerprint density at radius 1 is 0.958 bits per heavy atom. The number of hydrogen-bond acceptors (Lipinski definition) is 4. The van der Waals surface area contributed by atoms with Gasteiger partial charge in [0.05, 0.1) is 5.56 Å². The summed E-state index contributed by atoms with van der Waals surface area (Å²) in [7, 11) is 0. The standard InChI is InChI=1S/C20H32O4/c1-4-6-8-10-11-13-17-15-19(23-16(3)21)18(20(22)24-17)14-12-9-7-5-2/h15H,4-14H2,1-3H3. The van der Waals surface area contributed by atoms with Crippen LogP contribution in [0.15, 0.2) is 15.3 Å². The van der Waals surface area contributed by atoms with E-state index in [1.54, 1.807) is 6.07 Å². The molecule has 1 aromatic heterocycles. The van der Waals surface area contributed by atoms with E-state index in [-0.39, 0.29) is 5.63 Å². The first-order valence-corrected chi connectivity index (χ1v) is 9.42. The Kier molecular flexibility index (Phi) is 10.1. The highest BCUT2D eigenvalue weighted by Crippen LogP contribution is 2.21. The van der Waals surface area contributed by atoms with Crippen molar-refractivity contribution >= 4 is 5.97 Å². The first-order chi connectivity index (χ1) is 11.6. The Morgan fingerprint density at radius 3 is 2.17 bits per heavy atom. The van der Waals surface area contributed by atoms with E-state index in [0.29, 0.717) is 29.9 Å². The Hall–Kier alpha value is -1.58. The summed E-state index contributed by atoms with van der Waals surface area (Å²) in [5, 5.41) is 0. The molecule has 0 aliphatic carbocycles. The van der Waals surface area contributed by atoms with Crippen LogP contribution in [0.3, 0.4) is 0 Å². The van der Waals surface area contributed by atoms with Crippen LogP contribution in [0.5, 0.6) is 5.75 Å². The van der Waals surface area contributed by atoms with E-state index in [2.05, 4.69) is 13.8 Å². The zero-order valence-electron chi connectivity index (χ0n) is 15.5. The van der Waals surface area contributed by atoms with E-state index in [9.17, 15) is 9.59 Å². The Balaban J connectivity index is 2.76. The fraction of sp³-hybridized carbons (Fsp3) is 0.700. The summed E-state index contributed by atoms with van der Waals surface area (Å²) in [4.78, 5) is 23.6. The van der Waals surface area contributed by atoms with E-state index in [4.69, 9.17) is 9.15 Å². The van der Waals surface area contributed by atoms with Crippen LogP contribution in [0.4, 0.5) is 0 Å². The predicted octanol–water partition coefficient (Wildman–Crippen LogP) is 5.20. The number of hydrogen-bond donors (Lipinski definition) is 0. The van der Waals surface area contributed by atoms with Gasteiger partial charge >= 0.3 is 11.6 Å². The van der Waals surface area contributed by atoms with Gasteiger partial charge in [-0.2, -0.15) is 0 Å². The monoisotopic (exact) mass is 336 g/mol. The second-order valence-electron chi connectivity index (χ2n) is 6.41. The highest BCUT2D eigenvalue weighted by Gasteiger charge is 2.14. The number of aryl methyl sites for hydroxylation is 1. The van der Waals surface area contributed by atoms with Crippen LogP contribution in [-0.2, 0) is 17.6 Å². The molecule has 0 N–H and O–H groups in total. The largest absolute Gasteiger partial charge is 0.427 e. The van der Waals surface area contributed by atoms with Crippen molar-refractivity contribution in [2.75, 3.05) is 0 Å². The molecule has 0 spiro atoms. The van der Waals surface area contributed by atoms with Gasteiger partial charge in [0.15, 0.2) is 0 Å². The Bertz CT molecular complexity index is 545. The first kappa shape index (κ1) is 20.5. The molecule has 0 aliphatic rings. The van der Waals surface area contributed by atoms with Crippen molar-refractivity contribution in [3.05, 3.63) is 27.8 Å². The zero-order valence-corrected chi connectivity index (χ0v) is 15.5. The maximum Gasteiger partial charge on any atom is 0.342 e. The summed E-state index contributed by atoms with van der Waals surface area (Å²) < 4.78 is 10.7. The van der Waals surface area contributed by atoms with Crippen LogP contribution < -0.4 is 10.4 Å². The van der Waals surface area contributed by atoms with E-state index in [0.717, 1.165) is 38.5 Å². The lowest BCUT2D eigenvalue weighted by Crippen LogP contribution is -2.14. The van der Waals surface area contributed by atoms with E-state index in [1.807, 2.05) is 0 Å². The summed E-state index contributed by atoms with van der Waals surface area (Å²) >= 11 is 0. The molecule has 0 saturated heterocycles. The van der Waals surface area contributed by atoms with E-state index in [1.165, 1.54) is 26.2 Å². The fourth-order valence-corrected chi connectivity index (χ4v) is 2.77. The van der Waals surface area contributed by atoms with E-state index >= 15 is 0 Å². The van der Waals surface area contributed by atoms with Gasteiger partial charge in [0, 0.05) is 19.4 Å². The molecule has 0 aliphatic heterocycles. The first-order valence-electron chi connectivity index (χ1n) is 9.42. The molecule has 136 valence electrons. The highest BCUT2D eigenvalue weighted by atomic mass is 16.5. The maximum atomic E-state index is 12.3. The SMILES string of the molecule is CCCCCCCc1cc(OC(C)=O)c(CCCCCC)c(=O)o1. The minimum Gasteiger partial charge on any atom is -0.427 e. The molecule has 1 heterocycles. The van der Waals surface area contributed by atoms with Crippen LogP contribution in [0.25, 0.3) is 0 Å². The minimum atomic E-state index is -0.399. The number of esters is 1. The van der Waals surface area contributed by atoms with E-state index < -0.39 is 5.97 Å². The van der Waals surface area contributed by atoms with Gasteiger partial charge < -0.3 is 9.15 Å². The van der Waals surface area contributed by atoms with Crippen LogP contribution in [0.2, 0.25) is 0 Å². The second kappa shape index (κ2) is 11.9. The quantitative estimate of drug-likeness (QED) is 0.389. The van der Waals surface area contributed by atoms with Crippen LogP contribution >= 0.6 is 0 Å². The molecule has 24 heavy (non-hydrogen) atoms. The third-order valence-corrected chi connectivity index (χ3v) is 4.12. The van der Waals surface area contributed by atoms with Crippen molar-refractivity contribution in [1.29, 1.82) is 0 Å². The zero-order chi connectivity index (χ0) is 17.8. The number of carbonyl (C=O) groups is 1. The van der Waals surface area contributed by atoms with Gasteiger partial charge in [0.25, 0.3) is 0 Å². The van der Waals surface area contributed by atoms with Crippen LogP contribution in [0, 0.1) is 0 Å². The van der Waals surface area contributed by atoms with Crippen LogP contribution in [-0.4, -0.2) is 5.97 Å². The van der Waals surface area contributed by atoms with Crippen molar-refractivity contribution < 1.29 is 13.9 Å².